The maximum absolute atomic E-state index is 13.9. The van der Waals surface area contributed by atoms with Crippen molar-refractivity contribution in [2.75, 3.05) is 20.0 Å². The highest BCUT2D eigenvalue weighted by Gasteiger charge is 2.37. The average Bonchev–Trinajstić information content (AvgIpc) is 3.66. The Morgan fingerprint density at radius 1 is 1.19 bits per heavy atom. The lowest BCUT2D eigenvalue weighted by Gasteiger charge is -2.31. The van der Waals surface area contributed by atoms with Crippen LogP contribution in [0.2, 0.25) is 0 Å². The average molecular weight is 528 g/mol. The van der Waals surface area contributed by atoms with Gasteiger partial charge in [0.05, 0.1) is 32.7 Å². The molecule has 2 heterocycles. The standard InChI is InChI=1S/C25H29N5O6S/c1-34-17-10-9-14(12-18(17)35-2)21(24(32)28-15-6-3-4-7-15)30(13-16-8-5-11-36-16)25(33)22-19(26)20(23(27)31)29-37-22/h5,8-12,15,21H,3-4,6-7,13,26H2,1-2H3,(H2,27,31)(H,28,32)/t21-/m0/s1. The van der Waals surface area contributed by atoms with Crippen LogP contribution < -0.4 is 26.3 Å². The van der Waals surface area contributed by atoms with Gasteiger partial charge in [0, 0.05) is 6.04 Å². The number of carbonyl (C=O) groups is 3. The summed E-state index contributed by atoms with van der Waals surface area (Å²) in [5.41, 5.74) is 11.6. The Kier molecular flexibility index (Phi) is 7.97. The summed E-state index contributed by atoms with van der Waals surface area (Å²) in [4.78, 5) is 40.9. The van der Waals surface area contributed by atoms with Gasteiger partial charge in [-0.1, -0.05) is 18.9 Å². The number of nitrogens with one attached hydrogen (secondary N) is 1. The summed E-state index contributed by atoms with van der Waals surface area (Å²) in [6.45, 7) is -0.0494. The van der Waals surface area contributed by atoms with E-state index in [0.717, 1.165) is 37.2 Å². The second-order valence-corrected chi connectivity index (χ2v) is 9.43. The number of carbonyl (C=O) groups excluding carboxylic acids is 3. The number of amides is 3. The van der Waals surface area contributed by atoms with E-state index in [-0.39, 0.29) is 34.8 Å². The molecule has 12 heteroatoms. The van der Waals surface area contributed by atoms with E-state index in [0.29, 0.717) is 22.8 Å². The lowest BCUT2D eigenvalue weighted by Crippen LogP contribution is -2.45. The summed E-state index contributed by atoms with van der Waals surface area (Å²) < 4.78 is 20.3. The molecule has 4 rings (SSSR count). The molecule has 3 amide bonds. The molecular weight excluding hydrogens is 498 g/mol. The number of hydrogen-bond acceptors (Lipinski definition) is 9. The lowest BCUT2D eigenvalue weighted by atomic mass is 10.0. The minimum atomic E-state index is -1.09. The Labute approximate surface area is 217 Å². The van der Waals surface area contributed by atoms with E-state index in [1.807, 2.05) is 0 Å². The number of ether oxygens (including phenoxy) is 2. The summed E-state index contributed by atoms with van der Waals surface area (Å²) in [6, 6.07) is 7.34. The SMILES string of the molecule is COc1ccc([C@@H](C(=O)NC2CCCC2)N(Cc2ccco2)C(=O)c2snc(C(N)=O)c2N)cc1OC. The number of anilines is 1. The summed E-state index contributed by atoms with van der Waals surface area (Å²) in [5.74, 6) is -0.482. The molecule has 3 aromatic rings. The first-order valence-electron chi connectivity index (χ1n) is 11.7. The number of nitrogens with zero attached hydrogens (tertiary/aromatic N) is 2. The molecule has 1 aliphatic rings. The third-order valence-corrected chi connectivity index (χ3v) is 7.16. The van der Waals surface area contributed by atoms with E-state index in [2.05, 4.69) is 9.69 Å². The van der Waals surface area contributed by atoms with Gasteiger partial charge in [-0.3, -0.25) is 14.4 Å². The predicted molar refractivity (Wildman–Crippen MR) is 136 cm³/mol. The summed E-state index contributed by atoms with van der Waals surface area (Å²) in [5, 5.41) is 3.09. The van der Waals surface area contributed by atoms with Crippen molar-refractivity contribution in [3.63, 3.8) is 0 Å². The number of nitrogen functional groups attached to an aromatic ring is 1. The Morgan fingerprint density at radius 2 is 1.92 bits per heavy atom. The first-order chi connectivity index (χ1) is 17.8. The second kappa shape index (κ2) is 11.3. The first kappa shape index (κ1) is 26.0. The number of benzene rings is 1. The van der Waals surface area contributed by atoms with E-state index in [1.54, 1.807) is 30.3 Å². The molecule has 1 atom stereocenters. The second-order valence-electron chi connectivity index (χ2n) is 8.66. The smallest absolute Gasteiger partial charge is 0.270 e. The number of methoxy groups -OCH3 is 2. The molecular formula is C25H29N5O6S. The highest BCUT2D eigenvalue weighted by molar-refractivity contribution is 7.09. The van der Waals surface area contributed by atoms with Crippen LogP contribution in [0.4, 0.5) is 5.69 Å². The van der Waals surface area contributed by atoms with Crippen LogP contribution in [0.15, 0.2) is 41.0 Å². The van der Waals surface area contributed by atoms with Crippen molar-refractivity contribution in [1.29, 1.82) is 0 Å². The van der Waals surface area contributed by atoms with Crippen molar-refractivity contribution >= 4 is 34.9 Å². The molecule has 2 aromatic heterocycles. The zero-order chi connectivity index (χ0) is 26.5. The van der Waals surface area contributed by atoms with Gasteiger partial charge < -0.3 is 35.6 Å². The number of primary amides is 1. The molecule has 0 unspecified atom stereocenters. The van der Waals surface area contributed by atoms with Gasteiger partial charge in [-0.05, 0) is 54.2 Å². The van der Waals surface area contributed by atoms with Gasteiger partial charge in [-0.2, -0.15) is 4.37 Å². The Bertz CT molecular complexity index is 1270. The summed E-state index contributed by atoms with van der Waals surface area (Å²) in [6.07, 6.45) is 5.25. The van der Waals surface area contributed by atoms with Crippen molar-refractivity contribution in [3.05, 3.63) is 58.5 Å². The molecule has 0 aliphatic heterocycles. The van der Waals surface area contributed by atoms with Gasteiger partial charge in [0.25, 0.3) is 11.8 Å². The first-order valence-corrected chi connectivity index (χ1v) is 12.5. The molecule has 11 nitrogen and oxygen atoms in total. The molecule has 0 bridgehead atoms. The molecule has 37 heavy (non-hydrogen) atoms. The van der Waals surface area contributed by atoms with E-state index < -0.39 is 17.9 Å². The van der Waals surface area contributed by atoms with Crippen LogP contribution in [0.25, 0.3) is 0 Å². The molecule has 1 aliphatic carbocycles. The number of aromatic nitrogens is 1. The van der Waals surface area contributed by atoms with E-state index in [9.17, 15) is 14.4 Å². The van der Waals surface area contributed by atoms with E-state index >= 15 is 0 Å². The number of hydrogen-bond donors (Lipinski definition) is 3. The van der Waals surface area contributed by atoms with Crippen LogP contribution in [-0.2, 0) is 11.3 Å². The van der Waals surface area contributed by atoms with Crippen molar-refractivity contribution in [1.82, 2.24) is 14.6 Å². The fourth-order valence-corrected chi connectivity index (χ4v) is 5.22. The third-order valence-electron chi connectivity index (χ3n) is 6.31. The van der Waals surface area contributed by atoms with Crippen LogP contribution in [-0.4, -0.2) is 47.3 Å². The minimum absolute atomic E-state index is 0.000464. The topological polar surface area (TPSA) is 163 Å². The van der Waals surface area contributed by atoms with Crippen LogP contribution in [0.1, 0.15) is 63.2 Å². The minimum Gasteiger partial charge on any atom is -0.493 e. The molecule has 0 radical (unpaired) electrons. The summed E-state index contributed by atoms with van der Waals surface area (Å²) >= 11 is 0.750. The van der Waals surface area contributed by atoms with Crippen LogP contribution in [0.3, 0.4) is 0 Å². The highest BCUT2D eigenvalue weighted by atomic mass is 32.1. The van der Waals surface area contributed by atoms with E-state index in [1.165, 1.54) is 25.4 Å². The van der Waals surface area contributed by atoms with Crippen molar-refractivity contribution in [2.45, 2.75) is 44.3 Å². The van der Waals surface area contributed by atoms with Crippen molar-refractivity contribution < 1.29 is 28.3 Å². The number of furan rings is 1. The normalized spacial score (nSPS) is 14.2. The Morgan fingerprint density at radius 3 is 2.51 bits per heavy atom. The van der Waals surface area contributed by atoms with Gasteiger partial charge in [0.2, 0.25) is 5.91 Å². The van der Waals surface area contributed by atoms with Crippen LogP contribution in [0, 0.1) is 0 Å². The van der Waals surface area contributed by atoms with Gasteiger partial charge in [0.15, 0.2) is 17.2 Å². The molecule has 196 valence electrons. The predicted octanol–water partition coefficient (Wildman–Crippen LogP) is 2.88. The highest BCUT2D eigenvalue weighted by Crippen LogP contribution is 2.35. The van der Waals surface area contributed by atoms with Crippen LogP contribution >= 0.6 is 11.5 Å². The number of rotatable bonds is 10. The zero-order valence-electron chi connectivity index (χ0n) is 20.6. The van der Waals surface area contributed by atoms with Gasteiger partial charge in [0.1, 0.15) is 16.7 Å². The summed E-state index contributed by atoms with van der Waals surface area (Å²) in [7, 11) is 3.00. The molecule has 1 fully saturated rings. The lowest BCUT2D eigenvalue weighted by molar-refractivity contribution is -0.126. The molecule has 5 N–H and O–H groups in total. The monoisotopic (exact) mass is 527 g/mol. The van der Waals surface area contributed by atoms with Crippen molar-refractivity contribution in [3.8, 4) is 11.5 Å². The molecule has 1 saturated carbocycles. The number of nitrogens with two attached hydrogens (primary N) is 2. The van der Waals surface area contributed by atoms with Crippen molar-refractivity contribution in [2.24, 2.45) is 5.73 Å². The molecule has 0 saturated heterocycles. The Hall–Kier alpha value is -4.06. The fourth-order valence-electron chi connectivity index (χ4n) is 4.46. The van der Waals surface area contributed by atoms with Gasteiger partial charge in [-0.15, -0.1) is 0 Å². The van der Waals surface area contributed by atoms with Gasteiger partial charge >= 0.3 is 0 Å². The zero-order valence-corrected chi connectivity index (χ0v) is 21.4. The van der Waals surface area contributed by atoms with E-state index in [4.69, 9.17) is 25.4 Å². The van der Waals surface area contributed by atoms with Crippen LogP contribution in [0.5, 0.6) is 11.5 Å². The molecule has 0 spiro atoms. The Balaban J connectivity index is 1.81. The molecule has 1 aromatic carbocycles. The maximum atomic E-state index is 13.9. The largest absolute Gasteiger partial charge is 0.493 e. The fraction of sp³-hybridized carbons (Fsp3) is 0.360. The maximum Gasteiger partial charge on any atom is 0.270 e. The quantitative estimate of drug-likeness (QED) is 0.362. The van der Waals surface area contributed by atoms with Gasteiger partial charge in [-0.25, -0.2) is 0 Å². The third kappa shape index (κ3) is 5.53.